The zero-order valence-corrected chi connectivity index (χ0v) is 12.4. The molecule has 0 atom stereocenters. The molecule has 110 valence electrons. The van der Waals surface area contributed by atoms with Gasteiger partial charge >= 0.3 is 0 Å². The minimum atomic E-state index is 0.591. The summed E-state index contributed by atoms with van der Waals surface area (Å²) in [5.41, 5.74) is 2.29. The van der Waals surface area contributed by atoms with Crippen LogP contribution in [0.25, 0.3) is 6.08 Å². The van der Waals surface area contributed by atoms with Crippen LogP contribution >= 0.6 is 0 Å². The first kappa shape index (κ1) is 15.2. The lowest BCUT2D eigenvalue weighted by Gasteiger charge is -2.28. The molecule has 1 fully saturated rings. The van der Waals surface area contributed by atoms with Gasteiger partial charge in [0.15, 0.2) is 0 Å². The van der Waals surface area contributed by atoms with E-state index in [1.54, 1.807) is 7.11 Å². The van der Waals surface area contributed by atoms with Gasteiger partial charge in [-0.25, -0.2) is 4.39 Å². The van der Waals surface area contributed by atoms with Crippen LogP contribution in [0.2, 0.25) is 0 Å². The Morgan fingerprint density at radius 1 is 1.10 bits per heavy atom. The maximum absolute atomic E-state index is 12.1. The molecule has 20 heavy (non-hydrogen) atoms. The van der Waals surface area contributed by atoms with E-state index in [1.807, 2.05) is 12.1 Å². The molecule has 1 aromatic carbocycles. The second kappa shape index (κ2) is 8.21. The van der Waals surface area contributed by atoms with E-state index in [0.29, 0.717) is 6.33 Å². The molecule has 2 heteroatoms. The van der Waals surface area contributed by atoms with Crippen LogP contribution in [0, 0.1) is 11.8 Å². The highest BCUT2D eigenvalue weighted by Crippen LogP contribution is 2.31. The molecule has 1 aliphatic rings. The first-order chi connectivity index (χ1) is 9.81. The summed E-state index contributed by atoms with van der Waals surface area (Å²) < 4.78 is 17.3. The van der Waals surface area contributed by atoms with Crippen molar-refractivity contribution in [2.24, 2.45) is 11.8 Å². The van der Waals surface area contributed by atoms with Crippen molar-refractivity contribution in [3.8, 4) is 0 Å². The third-order valence-corrected chi connectivity index (χ3v) is 4.45. The number of ether oxygens (including phenoxy) is 1. The number of benzene rings is 1. The van der Waals surface area contributed by atoms with E-state index in [4.69, 9.17) is 4.74 Å². The van der Waals surface area contributed by atoms with E-state index in [1.165, 1.54) is 43.7 Å². The highest BCUT2D eigenvalue weighted by Gasteiger charge is 2.20. The molecule has 0 heterocycles. The van der Waals surface area contributed by atoms with Crippen molar-refractivity contribution in [2.75, 3.05) is 13.7 Å². The minimum absolute atomic E-state index is 0.591. The van der Waals surface area contributed by atoms with Gasteiger partial charge in [0.2, 0.25) is 0 Å². The van der Waals surface area contributed by atoms with Crippen LogP contribution in [0.5, 0.6) is 0 Å². The SMILES string of the molecule is COCC1CCC(CCc2ccc(C=CF)cc2)CC1. The van der Waals surface area contributed by atoms with Crippen LogP contribution in [-0.4, -0.2) is 13.7 Å². The second-order valence-electron chi connectivity index (χ2n) is 5.92. The van der Waals surface area contributed by atoms with Crippen LogP contribution in [0.15, 0.2) is 30.6 Å². The summed E-state index contributed by atoms with van der Waals surface area (Å²) in [6, 6.07) is 8.21. The quantitative estimate of drug-likeness (QED) is 0.709. The lowest BCUT2D eigenvalue weighted by Crippen LogP contribution is -2.18. The lowest BCUT2D eigenvalue weighted by atomic mass is 9.80. The molecule has 0 spiro atoms. The normalized spacial score (nSPS) is 23.3. The monoisotopic (exact) mass is 276 g/mol. The number of hydrogen-bond acceptors (Lipinski definition) is 1. The highest BCUT2D eigenvalue weighted by atomic mass is 19.1. The molecule has 1 nitrogen and oxygen atoms in total. The van der Waals surface area contributed by atoms with Crippen molar-refractivity contribution < 1.29 is 9.13 Å². The highest BCUT2D eigenvalue weighted by molar-refractivity contribution is 5.48. The van der Waals surface area contributed by atoms with Crippen LogP contribution in [-0.2, 0) is 11.2 Å². The van der Waals surface area contributed by atoms with Crippen molar-refractivity contribution >= 4 is 6.08 Å². The number of methoxy groups -OCH3 is 1. The van der Waals surface area contributed by atoms with Crippen LogP contribution < -0.4 is 0 Å². The van der Waals surface area contributed by atoms with Gasteiger partial charge in [0.1, 0.15) is 0 Å². The Kier molecular flexibility index (Phi) is 6.25. The molecule has 0 bridgehead atoms. The minimum Gasteiger partial charge on any atom is -0.384 e. The Bertz CT molecular complexity index is 402. The average molecular weight is 276 g/mol. The predicted molar refractivity (Wildman–Crippen MR) is 82.2 cm³/mol. The summed E-state index contributed by atoms with van der Waals surface area (Å²) in [6.07, 6.45) is 9.82. The first-order valence-corrected chi connectivity index (χ1v) is 7.66. The Balaban J connectivity index is 1.73. The molecule has 0 unspecified atom stereocenters. The average Bonchev–Trinajstić information content (AvgIpc) is 2.49. The Hall–Kier alpha value is -1.15. The summed E-state index contributed by atoms with van der Waals surface area (Å²) in [4.78, 5) is 0. The smallest absolute Gasteiger partial charge is 0.0872 e. The van der Waals surface area contributed by atoms with Gasteiger partial charge in [0, 0.05) is 13.7 Å². The van der Waals surface area contributed by atoms with Crippen molar-refractivity contribution in [2.45, 2.75) is 38.5 Å². The Morgan fingerprint density at radius 2 is 1.75 bits per heavy atom. The summed E-state index contributed by atoms with van der Waals surface area (Å²) in [5.74, 6) is 1.65. The van der Waals surface area contributed by atoms with Crippen LogP contribution in [0.3, 0.4) is 0 Å². The van der Waals surface area contributed by atoms with Gasteiger partial charge in [0.25, 0.3) is 0 Å². The number of hydrogen-bond donors (Lipinski definition) is 0. The zero-order chi connectivity index (χ0) is 14.2. The number of aryl methyl sites for hydroxylation is 1. The summed E-state index contributed by atoms with van der Waals surface area (Å²) >= 11 is 0. The fraction of sp³-hybridized carbons (Fsp3) is 0.556. The summed E-state index contributed by atoms with van der Waals surface area (Å²) in [6.45, 7) is 0.927. The molecule has 0 N–H and O–H groups in total. The van der Waals surface area contributed by atoms with E-state index in [0.717, 1.165) is 30.4 Å². The van der Waals surface area contributed by atoms with Crippen molar-refractivity contribution in [1.29, 1.82) is 0 Å². The van der Waals surface area contributed by atoms with Gasteiger partial charge in [-0.1, -0.05) is 37.1 Å². The Labute approximate surface area is 121 Å². The van der Waals surface area contributed by atoms with Gasteiger partial charge in [-0.3, -0.25) is 0 Å². The molecule has 0 amide bonds. The van der Waals surface area contributed by atoms with Gasteiger partial charge in [0.05, 0.1) is 6.33 Å². The molecule has 0 radical (unpaired) electrons. The van der Waals surface area contributed by atoms with Crippen LogP contribution in [0.4, 0.5) is 4.39 Å². The maximum atomic E-state index is 12.1. The molecule has 1 saturated carbocycles. The lowest BCUT2D eigenvalue weighted by molar-refractivity contribution is 0.117. The van der Waals surface area contributed by atoms with E-state index in [9.17, 15) is 4.39 Å². The molecule has 0 saturated heterocycles. The summed E-state index contributed by atoms with van der Waals surface area (Å²) in [5, 5.41) is 0. The standard InChI is InChI=1S/C18H25FO/c1-20-14-18-10-8-16(9-11-18)3-2-15-4-6-17(7-5-15)12-13-19/h4-7,12-13,16,18H,2-3,8-11,14H2,1H3. The van der Waals surface area contributed by atoms with E-state index in [-0.39, 0.29) is 0 Å². The molecule has 1 aliphatic carbocycles. The van der Waals surface area contributed by atoms with Crippen LogP contribution in [0.1, 0.15) is 43.2 Å². The van der Waals surface area contributed by atoms with Gasteiger partial charge in [-0.2, -0.15) is 0 Å². The number of halogens is 1. The first-order valence-electron chi connectivity index (χ1n) is 7.66. The third-order valence-electron chi connectivity index (χ3n) is 4.45. The third kappa shape index (κ3) is 4.75. The van der Waals surface area contributed by atoms with Crippen molar-refractivity contribution in [1.82, 2.24) is 0 Å². The maximum Gasteiger partial charge on any atom is 0.0872 e. The zero-order valence-electron chi connectivity index (χ0n) is 12.4. The fourth-order valence-corrected chi connectivity index (χ4v) is 3.16. The van der Waals surface area contributed by atoms with E-state index >= 15 is 0 Å². The molecular weight excluding hydrogens is 251 g/mol. The largest absolute Gasteiger partial charge is 0.384 e. The van der Waals surface area contributed by atoms with E-state index < -0.39 is 0 Å². The fourth-order valence-electron chi connectivity index (χ4n) is 3.16. The van der Waals surface area contributed by atoms with Gasteiger partial charge in [-0.15, -0.1) is 0 Å². The number of rotatable bonds is 6. The van der Waals surface area contributed by atoms with Gasteiger partial charge in [-0.05, 0) is 54.7 Å². The van der Waals surface area contributed by atoms with E-state index in [2.05, 4.69) is 12.1 Å². The molecule has 0 aromatic heterocycles. The molecule has 0 aliphatic heterocycles. The predicted octanol–water partition coefficient (Wildman–Crippen LogP) is 5.01. The second-order valence-corrected chi connectivity index (χ2v) is 5.92. The van der Waals surface area contributed by atoms with Crippen molar-refractivity contribution in [3.63, 3.8) is 0 Å². The van der Waals surface area contributed by atoms with Crippen molar-refractivity contribution in [3.05, 3.63) is 41.7 Å². The topological polar surface area (TPSA) is 9.23 Å². The molecule has 1 aromatic rings. The van der Waals surface area contributed by atoms with Gasteiger partial charge < -0.3 is 4.74 Å². The molecule has 2 rings (SSSR count). The molecular formula is C18H25FO. The Morgan fingerprint density at radius 3 is 2.35 bits per heavy atom. The summed E-state index contributed by atoms with van der Waals surface area (Å²) in [7, 11) is 1.80.